The van der Waals surface area contributed by atoms with E-state index in [1.54, 1.807) is 13.2 Å². The van der Waals surface area contributed by atoms with Gasteiger partial charge in [0.2, 0.25) is 0 Å². The summed E-state index contributed by atoms with van der Waals surface area (Å²) < 4.78 is 15.4. The molecule has 0 spiro atoms. The second kappa shape index (κ2) is 5.54. The lowest BCUT2D eigenvalue weighted by molar-refractivity contribution is -0.0697. The molecule has 100 valence electrons. The molecule has 0 radical (unpaired) electrons. The summed E-state index contributed by atoms with van der Waals surface area (Å²) in [6, 6.07) is 1.69. The van der Waals surface area contributed by atoms with Gasteiger partial charge >= 0.3 is 5.97 Å². The van der Waals surface area contributed by atoms with Gasteiger partial charge in [-0.15, -0.1) is 0 Å². The van der Waals surface area contributed by atoms with Gasteiger partial charge in [0.25, 0.3) is 0 Å². The number of esters is 1. The molecule has 1 saturated carbocycles. The molecular weight excluding hydrogens is 234 g/mol. The average Bonchev–Trinajstić information content (AvgIpc) is 2.80. The van der Waals surface area contributed by atoms with Crippen molar-refractivity contribution in [3.63, 3.8) is 0 Å². The first-order chi connectivity index (χ1) is 8.69. The van der Waals surface area contributed by atoms with E-state index in [0.717, 1.165) is 25.1 Å². The van der Waals surface area contributed by atoms with E-state index >= 15 is 0 Å². The molecule has 18 heavy (non-hydrogen) atoms. The van der Waals surface area contributed by atoms with Crippen LogP contribution in [-0.4, -0.2) is 32.3 Å². The zero-order chi connectivity index (χ0) is 13.0. The molecule has 1 aromatic heterocycles. The van der Waals surface area contributed by atoms with Crippen LogP contribution in [0.1, 0.15) is 35.4 Å². The molecular formula is C13H19NO4. The molecule has 0 unspecified atom stereocenters. The third-order valence-electron chi connectivity index (χ3n) is 3.52. The monoisotopic (exact) mass is 253 g/mol. The molecule has 0 aromatic carbocycles. The Morgan fingerprint density at radius 2 is 2.28 bits per heavy atom. The highest BCUT2D eigenvalue weighted by molar-refractivity contribution is 5.88. The lowest BCUT2D eigenvalue weighted by Crippen LogP contribution is -2.47. The van der Waals surface area contributed by atoms with Gasteiger partial charge in [0.1, 0.15) is 12.0 Å². The zero-order valence-electron chi connectivity index (χ0n) is 10.8. The maximum Gasteiger partial charge on any atom is 0.341 e. The van der Waals surface area contributed by atoms with Gasteiger partial charge < -0.3 is 19.2 Å². The third-order valence-corrected chi connectivity index (χ3v) is 3.52. The summed E-state index contributed by atoms with van der Waals surface area (Å²) in [4.78, 5) is 11.2. The molecule has 0 aliphatic heterocycles. The van der Waals surface area contributed by atoms with Gasteiger partial charge in [-0.25, -0.2) is 4.79 Å². The summed E-state index contributed by atoms with van der Waals surface area (Å²) in [6.07, 6.45) is 4.84. The molecule has 0 bridgehead atoms. The van der Waals surface area contributed by atoms with Gasteiger partial charge in [0.05, 0.1) is 24.8 Å². The number of carbonyl (C=O) groups excluding carboxylic acids is 1. The lowest BCUT2D eigenvalue weighted by atomic mass is 9.80. The van der Waals surface area contributed by atoms with Crippen molar-refractivity contribution in [2.75, 3.05) is 20.8 Å². The number of hydrogen-bond donors (Lipinski definition) is 1. The standard InChI is InChI=1S/C13H19NO4/c1-16-12(15)10-6-11(18-8-10)7-14-9-13(17-2)4-3-5-13/h6,8,14H,3-5,7,9H2,1-2H3. The Morgan fingerprint density at radius 3 is 2.83 bits per heavy atom. The summed E-state index contributed by atoms with van der Waals surface area (Å²) >= 11 is 0. The fourth-order valence-corrected chi connectivity index (χ4v) is 2.14. The van der Waals surface area contributed by atoms with Crippen molar-refractivity contribution in [3.8, 4) is 0 Å². The first-order valence-electron chi connectivity index (χ1n) is 6.11. The Labute approximate surface area is 106 Å². The highest BCUT2D eigenvalue weighted by atomic mass is 16.5. The molecule has 0 saturated heterocycles. The molecule has 1 heterocycles. The van der Waals surface area contributed by atoms with Crippen LogP contribution in [0.5, 0.6) is 0 Å². The summed E-state index contributed by atoms with van der Waals surface area (Å²) in [5, 5.41) is 3.29. The fraction of sp³-hybridized carbons (Fsp3) is 0.615. The van der Waals surface area contributed by atoms with Crippen molar-refractivity contribution in [2.45, 2.75) is 31.4 Å². The van der Waals surface area contributed by atoms with Gasteiger partial charge in [-0.05, 0) is 25.3 Å². The Kier molecular flexibility index (Phi) is 4.04. The maximum absolute atomic E-state index is 11.2. The molecule has 1 aromatic rings. The molecule has 1 aliphatic rings. The Morgan fingerprint density at radius 1 is 1.50 bits per heavy atom. The minimum atomic E-state index is -0.377. The highest BCUT2D eigenvalue weighted by Crippen LogP contribution is 2.34. The van der Waals surface area contributed by atoms with E-state index < -0.39 is 0 Å². The number of furan rings is 1. The van der Waals surface area contributed by atoms with Gasteiger partial charge in [0.15, 0.2) is 0 Å². The minimum Gasteiger partial charge on any atom is -0.467 e. The largest absolute Gasteiger partial charge is 0.467 e. The van der Waals surface area contributed by atoms with Crippen LogP contribution < -0.4 is 5.32 Å². The van der Waals surface area contributed by atoms with Crippen molar-refractivity contribution < 1.29 is 18.7 Å². The van der Waals surface area contributed by atoms with Crippen LogP contribution in [0.3, 0.4) is 0 Å². The predicted octanol–water partition coefficient (Wildman–Crippen LogP) is 1.72. The van der Waals surface area contributed by atoms with Gasteiger partial charge in [-0.3, -0.25) is 0 Å². The second-order valence-electron chi connectivity index (χ2n) is 4.64. The Balaban J connectivity index is 1.80. The second-order valence-corrected chi connectivity index (χ2v) is 4.64. The quantitative estimate of drug-likeness (QED) is 0.782. The van der Waals surface area contributed by atoms with Crippen LogP contribution in [0.2, 0.25) is 0 Å². The van der Waals surface area contributed by atoms with E-state index in [0.29, 0.717) is 12.1 Å². The number of carbonyl (C=O) groups is 1. The first kappa shape index (κ1) is 13.1. The lowest BCUT2D eigenvalue weighted by Gasteiger charge is -2.40. The van der Waals surface area contributed by atoms with Crippen LogP contribution >= 0.6 is 0 Å². The predicted molar refractivity (Wildman–Crippen MR) is 65.3 cm³/mol. The zero-order valence-corrected chi connectivity index (χ0v) is 10.8. The van der Waals surface area contributed by atoms with Crippen molar-refractivity contribution in [3.05, 3.63) is 23.7 Å². The summed E-state index contributed by atoms with van der Waals surface area (Å²) in [6.45, 7) is 1.39. The van der Waals surface area contributed by atoms with E-state index in [9.17, 15) is 4.79 Å². The van der Waals surface area contributed by atoms with E-state index in [1.807, 2.05) is 0 Å². The molecule has 1 N–H and O–H groups in total. The molecule has 2 rings (SSSR count). The number of rotatable bonds is 6. The van der Waals surface area contributed by atoms with E-state index in [2.05, 4.69) is 10.1 Å². The van der Waals surface area contributed by atoms with E-state index in [4.69, 9.17) is 9.15 Å². The average molecular weight is 253 g/mol. The van der Waals surface area contributed by atoms with Gasteiger partial charge in [0, 0.05) is 13.7 Å². The Hall–Kier alpha value is -1.33. The van der Waals surface area contributed by atoms with E-state index in [-0.39, 0.29) is 11.6 Å². The maximum atomic E-state index is 11.2. The number of ether oxygens (including phenoxy) is 2. The van der Waals surface area contributed by atoms with Crippen LogP contribution in [0.15, 0.2) is 16.7 Å². The smallest absolute Gasteiger partial charge is 0.341 e. The number of hydrogen-bond acceptors (Lipinski definition) is 5. The van der Waals surface area contributed by atoms with Crippen LogP contribution in [0, 0.1) is 0 Å². The summed E-state index contributed by atoms with van der Waals surface area (Å²) in [7, 11) is 3.11. The number of nitrogens with one attached hydrogen (secondary N) is 1. The SMILES string of the molecule is COC(=O)c1coc(CNCC2(OC)CCC2)c1. The van der Waals surface area contributed by atoms with Crippen molar-refractivity contribution in [2.24, 2.45) is 0 Å². The van der Waals surface area contributed by atoms with Crippen LogP contribution in [0.25, 0.3) is 0 Å². The summed E-state index contributed by atoms with van der Waals surface area (Å²) in [5.74, 6) is 0.346. The van der Waals surface area contributed by atoms with Gasteiger partial charge in [-0.2, -0.15) is 0 Å². The summed E-state index contributed by atoms with van der Waals surface area (Å²) in [5.41, 5.74) is 0.442. The highest BCUT2D eigenvalue weighted by Gasteiger charge is 2.36. The topological polar surface area (TPSA) is 60.7 Å². The molecule has 0 amide bonds. The van der Waals surface area contributed by atoms with Crippen LogP contribution in [0.4, 0.5) is 0 Å². The number of methoxy groups -OCH3 is 2. The molecule has 0 atom stereocenters. The first-order valence-corrected chi connectivity index (χ1v) is 6.11. The van der Waals surface area contributed by atoms with Crippen molar-refractivity contribution in [1.29, 1.82) is 0 Å². The molecule has 5 nitrogen and oxygen atoms in total. The van der Waals surface area contributed by atoms with Gasteiger partial charge in [-0.1, -0.05) is 0 Å². The van der Waals surface area contributed by atoms with Crippen LogP contribution in [-0.2, 0) is 16.0 Å². The third kappa shape index (κ3) is 2.73. The van der Waals surface area contributed by atoms with Crippen molar-refractivity contribution in [1.82, 2.24) is 5.32 Å². The minimum absolute atomic E-state index is 0.00221. The fourth-order valence-electron chi connectivity index (χ4n) is 2.14. The normalized spacial score (nSPS) is 17.2. The molecule has 1 aliphatic carbocycles. The van der Waals surface area contributed by atoms with E-state index in [1.165, 1.54) is 19.8 Å². The van der Waals surface area contributed by atoms with Crippen molar-refractivity contribution >= 4 is 5.97 Å². The molecule has 5 heteroatoms. The Bertz CT molecular complexity index is 403. The molecule has 1 fully saturated rings.